The number of aliphatic hydroxyl groups excluding tert-OH is 1. The number of rotatable bonds is 1. The van der Waals surface area contributed by atoms with Crippen LogP contribution in [-0.2, 0) is 11.2 Å². The van der Waals surface area contributed by atoms with Gasteiger partial charge in [0.1, 0.15) is 0 Å². The highest BCUT2D eigenvalue weighted by atomic mass is 19.4. The van der Waals surface area contributed by atoms with E-state index in [1.807, 2.05) is 0 Å². The minimum absolute atomic E-state index is 0.208. The summed E-state index contributed by atoms with van der Waals surface area (Å²) in [5.74, 6) is -2.02. The first-order valence-corrected chi connectivity index (χ1v) is 5.03. The van der Waals surface area contributed by atoms with Crippen molar-refractivity contribution in [1.29, 1.82) is 0 Å². The van der Waals surface area contributed by atoms with Gasteiger partial charge in [0, 0.05) is 0 Å². The Labute approximate surface area is 95.3 Å². The van der Waals surface area contributed by atoms with Crippen molar-refractivity contribution in [2.24, 2.45) is 0 Å². The summed E-state index contributed by atoms with van der Waals surface area (Å²) in [6.07, 6.45) is -5.80. The van der Waals surface area contributed by atoms with Crippen molar-refractivity contribution < 1.29 is 23.1 Å². The minimum atomic E-state index is -4.92. The number of nitrogens with one attached hydrogen (secondary N) is 1. The van der Waals surface area contributed by atoms with Crippen LogP contribution in [0.1, 0.15) is 17.2 Å². The number of hydrogen-bond acceptors (Lipinski definition) is 2. The van der Waals surface area contributed by atoms with Crippen molar-refractivity contribution in [1.82, 2.24) is 5.32 Å². The van der Waals surface area contributed by atoms with Crippen molar-refractivity contribution in [3.05, 3.63) is 35.4 Å². The molecule has 0 aliphatic heterocycles. The molecule has 0 spiro atoms. The first-order chi connectivity index (χ1) is 7.89. The Kier molecular flexibility index (Phi) is 2.82. The number of carbonyl (C=O) groups excluding carboxylic acids is 1. The maximum Gasteiger partial charge on any atom is 0.471 e. The Morgan fingerprint density at radius 3 is 2.59 bits per heavy atom. The van der Waals surface area contributed by atoms with E-state index in [2.05, 4.69) is 0 Å². The highest BCUT2D eigenvalue weighted by Gasteiger charge is 2.42. The average molecular weight is 245 g/mol. The highest BCUT2D eigenvalue weighted by Crippen LogP contribution is 2.31. The first kappa shape index (κ1) is 11.9. The average Bonchev–Trinajstić information content (AvgIpc) is 2.55. The lowest BCUT2D eigenvalue weighted by atomic mass is 10.1. The highest BCUT2D eigenvalue weighted by molar-refractivity contribution is 5.82. The fourth-order valence-electron chi connectivity index (χ4n) is 1.95. The molecule has 1 amide bonds. The van der Waals surface area contributed by atoms with Crippen molar-refractivity contribution in [3.63, 3.8) is 0 Å². The molecular weight excluding hydrogens is 235 g/mol. The SMILES string of the molecule is O=C(N[C@H]1Cc2ccccc2[C@@H]1O)C(F)(F)F. The fourth-order valence-corrected chi connectivity index (χ4v) is 1.95. The van der Waals surface area contributed by atoms with Gasteiger partial charge in [-0.1, -0.05) is 24.3 Å². The van der Waals surface area contributed by atoms with Gasteiger partial charge in [0.15, 0.2) is 0 Å². The number of halogens is 3. The van der Waals surface area contributed by atoms with E-state index in [0.29, 0.717) is 5.56 Å². The Morgan fingerprint density at radius 2 is 2.00 bits per heavy atom. The molecule has 2 N–H and O–H groups in total. The number of fused-ring (bicyclic) bond motifs is 1. The molecule has 2 rings (SSSR count). The fraction of sp³-hybridized carbons (Fsp3) is 0.364. The van der Waals surface area contributed by atoms with Gasteiger partial charge in [0.25, 0.3) is 0 Å². The van der Waals surface area contributed by atoms with E-state index in [1.54, 1.807) is 29.6 Å². The molecule has 0 bridgehead atoms. The molecule has 1 aromatic carbocycles. The van der Waals surface area contributed by atoms with Crippen LogP contribution in [0.2, 0.25) is 0 Å². The van der Waals surface area contributed by atoms with E-state index in [-0.39, 0.29) is 6.42 Å². The lowest BCUT2D eigenvalue weighted by Gasteiger charge is -2.17. The summed E-state index contributed by atoms with van der Waals surface area (Å²) in [6, 6.07) is 5.87. The van der Waals surface area contributed by atoms with Gasteiger partial charge >= 0.3 is 12.1 Å². The van der Waals surface area contributed by atoms with Gasteiger partial charge < -0.3 is 10.4 Å². The van der Waals surface area contributed by atoms with E-state index in [1.165, 1.54) is 0 Å². The molecule has 0 saturated carbocycles. The zero-order chi connectivity index (χ0) is 12.6. The predicted molar refractivity (Wildman–Crippen MR) is 53.1 cm³/mol. The smallest absolute Gasteiger partial charge is 0.386 e. The maximum absolute atomic E-state index is 12.1. The minimum Gasteiger partial charge on any atom is -0.386 e. The third-order valence-corrected chi connectivity index (χ3v) is 2.77. The number of hydrogen-bond donors (Lipinski definition) is 2. The number of amides is 1. The normalized spacial score (nSPS) is 23.3. The van der Waals surface area contributed by atoms with E-state index in [0.717, 1.165) is 5.56 Å². The maximum atomic E-state index is 12.1. The summed E-state index contributed by atoms with van der Waals surface area (Å²) in [6.45, 7) is 0. The molecule has 17 heavy (non-hydrogen) atoms. The van der Waals surface area contributed by atoms with E-state index >= 15 is 0 Å². The van der Waals surface area contributed by atoms with Crippen molar-refractivity contribution in [3.8, 4) is 0 Å². The second-order valence-electron chi connectivity index (χ2n) is 3.93. The molecule has 1 aromatic rings. The van der Waals surface area contributed by atoms with Crippen LogP contribution in [0.15, 0.2) is 24.3 Å². The molecule has 6 heteroatoms. The number of aliphatic hydroxyl groups is 1. The zero-order valence-corrected chi connectivity index (χ0v) is 8.66. The van der Waals surface area contributed by atoms with Gasteiger partial charge in [-0.15, -0.1) is 0 Å². The molecule has 0 saturated heterocycles. The first-order valence-electron chi connectivity index (χ1n) is 5.03. The topological polar surface area (TPSA) is 49.3 Å². The number of alkyl halides is 3. The third-order valence-electron chi connectivity index (χ3n) is 2.77. The van der Waals surface area contributed by atoms with E-state index in [4.69, 9.17) is 0 Å². The predicted octanol–water partition coefficient (Wildman–Crippen LogP) is 1.32. The van der Waals surface area contributed by atoms with Gasteiger partial charge in [0.2, 0.25) is 0 Å². The second kappa shape index (κ2) is 4.03. The van der Waals surface area contributed by atoms with Crippen molar-refractivity contribution >= 4 is 5.91 Å². The molecule has 3 nitrogen and oxygen atoms in total. The molecule has 1 aliphatic rings. The monoisotopic (exact) mass is 245 g/mol. The van der Waals surface area contributed by atoms with Crippen LogP contribution in [0.5, 0.6) is 0 Å². The lowest BCUT2D eigenvalue weighted by molar-refractivity contribution is -0.175. The molecule has 1 aliphatic carbocycles. The molecule has 0 radical (unpaired) electrons. The summed E-state index contributed by atoms with van der Waals surface area (Å²) >= 11 is 0. The summed E-state index contributed by atoms with van der Waals surface area (Å²) in [5.41, 5.74) is 1.33. The standard InChI is InChI=1S/C11H10F3NO2/c12-11(13,14)10(17)15-8-5-6-3-1-2-4-7(6)9(8)16/h1-4,8-9,16H,5H2,(H,15,17)/t8-,9-/m0/s1. The van der Waals surface area contributed by atoms with Crippen LogP contribution in [0.4, 0.5) is 13.2 Å². The Bertz CT molecular complexity index is 445. The summed E-state index contributed by atoms with van der Waals surface area (Å²) in [4.78, 5) is 10.8. The zero-order valence-electron chi connectivity index (χ0n) is 8.66. The number of benzene rings is 1. The van der Waals surface area contributed by atoms with Gasteiger partial charge in [-0.25, -0.2) is 0 Å². The molecule has 0 heterocycles. The summed E-state index contributed by atoms with van der Waals surface area (Å²) < 4.78 is 36.2. The molecule has 0 aromatic heterocycles. The molecule has 92 valence electrons. The molecule has 0 fully saturated rings. The van der Waals surface area contributed by atoms with Gasteiger partial charge in [-0.2, -0.15) is 13.2 Å². The van der Waals surface area contributed by atoms with Crippen LogP contribution in [0.3, 0.4) is 0 Å². The van der Waals surface area contributed by atoms with Crippen LogP contribution >= 0.6 is 0 Å². The van der Waals surface area contributed by atoms with Crippen molar-refractivity contribution in [2.45, 2.75) is 24.7 Å². The lowest BCUT2D eigenvalue weighted by Crippen LogP contribution is -2.44. The van der Waals surface area contributed by atoms with Gasteiger partial charge in [0.05, 0.1) is 12.1 Å². The molecular formula is C11H10F3NO2. The Hall–Kier alpha value is -1.56. The summed E-state index contributed by atoms with van der Waals surface area (Å²) in [5, 5.41) is 11.6. The quantitative estimate of drug-likeness (QED) is 0.784. The Balaban J connectivity index is 2.11. The van der Waals surface area contributed by atoms with Crippen LogP contribution in [-0.4, -0.2) is 23.2 Å². The second-order valence-corrected chi connectivity index (χ2v) is 3.93. The Morgan fingerprint density at radius 1 is 1.35 bits per heavy atom. The molecule has 0 unspecified atom stereocenters. The van der Waals surface area contributed by atoms with E-state index in [9.17, 15) is 23.1 Å². The van der Waals surface area contributed by atoms with Crippen LogP contribution in [0, 0.1) is 0 Å². The van der Waals surface area contributed by atoms with Gasteiger partial charge in [-0.3, -0.25) is 4.79 Å². The largest absolute Gasteiger partial charge is 0.471 e. The third kappa shape index (κ3) is 2.26. The summed E-state index contributed by atoms with van der Waals surface area (Å²) in [7, 11) is 0. The van der Waals surface area contributed by atoms with Gasteiger partial charge in [-0.05, 0) is 17.5 Å². The number of carbonyl (C=O) groups is 1. The van der Waals surface area contributed by atoms with Crippen molar-refractivity contribution in [2.75, 3.05) is 0 Å². The van der Waals surface area contributed by atoms with E-state index < -0.39 is 24.2 Å². The van der Waals surface area contributed by atoms with Crippen LogP contribution < -0.4 is 5.32 Å². The molecule has 2 atom stereocenters. The van der Waals surface area contributed by atoms with Crippen LogP contribution in [0.25, 0.3) is 0 Å².